The van der Waals surface area contributed by atoms with Crippen LogP contribution in [0.3, 0.4) is 0 Å². The Balaban J connectivity index is 1.97. The maximum Gasteiger partial charge on any atom is 0.191 e. The van der Waals surface area contributed by atoms with Crippen LogP contribution in [0.2, 0.25) is 0 Å². The highest BCUT2D eigenvalue weighted by Crippen LogP contribution is 2.24. The van der Waals surface area contributed by atoms with Crippen LogP contribution in [-0.2, 0) is 11.3 Å². The average molecular weight is 391 g/mol. The monoisotopic (exact) mass is 390 g/mol. The van der Waals surface area contributed by atoms with Gasteiger partial charge >= 0.3 is 0 Å². The third-order valence-electron chi connectivity index (χ3n) is 5.26. The quantitative estimate of drug-likeness (QED) is 0.475. The van der Waals surface area contributed by atoms with Crippen molar-refractivity contribution in [3.63, 3.8) is 0 Å². The number of nitrogens with zero attached hydrogens (tertiary/aromatic N) is 2. The summed E-state index contributed by atoms with van der Waals surface area (Å²) < 4.78 is 11.6. The molecule has 0 spiro atoms. The molecule has 1 aliphatic heterocycles. The summed E-state index contributed by atoms with van der Waals surface area (Å²) in [5, 5.41) is 6.77. The Labute approximate surface area is 170 Å². The molecular formula is C22H38N4O2. The van der Waals surface area contributed by atoms with E-state index in [0.29, 0.717) is 19.2 Å². The van der Waals surface area contributed by atoms with E-state index < -0.39 is 0 Å². The first kappa shape index (κ1) is 22.5. The van der Waals surface area contributed by atoms with E-state index in [-0.39, 0.29) is 6.10 Å². The topological polar surface area (TPSA) is 58.1 Å². The van der Waals surface area contributed by atoms with Crippen LogP contribution >= 0.6 is 0 Å². The van der Waals surface area contributed by atoms with Gasteiger partial charge in [0.05, 0.1) is 19.8 Å². The average Bonchev–Trinajstić information content (AvgIpc) is 3.19. The molecule has 1 saturated heterocycles. The first-order valence-corrected chi connectivity index (χ1v) is 10.6. The molecule has 0 aliphatic carbocycles. The van der Waals surface area contributed by atoms with Gasteiger partial charge in [0.15, 0.2) is 5.96 Å². The number of guanidine groups is 1. The fourth-order valence-electron chi connectivity index (χ4n) is 3.08. The standard InChI is InChI=1S/C22H38N4O2/c1-6-18(4)26(5)12-11-24-22(23-7-2)25-15-19-9-8-17(3)14-21(19)28-20-10-13-27-16-20/h8-9,14,18,20H,6-7,10-13,15-16H2,1-5H3,(H2,23,24,25). The van der Waals surface area contributed by atoms with Gasteiger partial charge in [-0.05, 0) is 45.9 Å². The van der Waals surface area contributed by atoms with Crippen LogP contribution < -0.4 is 15.4 Å². The zero-order valence-electron chi connectivity index (χ0n) is 18.3. The lowest BCUT2D eigenvalue weighted by Gasteiger charge is -2.24. The summed E-state index contributed by atoms with van der Waals surface area (Å²) in [6.07, 6.45) is 2.25. The van der Waals surface area contributed by atoms with Crippen LogP contribution in [0.25, 0.3) is 0 Å². The minimum absolute atomic E-state index is 0.145. The van der Waals surface area contributed by atoms with Crippen LogP contribution in [0.15, 0.2) is 23.2 Å². The molecule has 0 radical (unpaired) electrons. The summed E-state index contributed by atoms with van der Waals surface area (Å²) in [4.78, 5) is 7.14. The number of likely N-dealkylation sites (N-methyl/N-ethyl adjacent to an activating group) is 1. The molecule has 2 rings (SSSR count). The SMILES string of the molecule is CCNC(=NCc1ccc(C)cc1OC1CCOC1)NCCN(C)C(C)CC. The second-order valence-electron chi connectivity index (χ2n) is 7.57. The van der Waals surface area contributed by atoms with Gasteiger partial charge in [0.2, 0.25) is 0 Å². The largest absolute Gasteiger partial charge is 0.488 e. The van der Waals surface area contributed by atoms with Crippen molar-refractivity contribution in [2.75, 3.05) is 39.9 Å². The fraction of sp³-hybridized carbons (Fsp3) is 0.682. The Bertz CT molecular complexity index is 615. The molecule has 1 heterocycles. The van der Waals surface area contributed by atoms with E-state index in [1.807, 2.05) is 0 Å². The van der Waals surface area contributed by atoms with Crippen molar-refractivity contribution in [3.8, 4) is 5.75 Å². The molecule has 158 valence electrons. The number of benzene rings is 1. The molecule has 6 heteroatoms. The van der Waals surface area contributed by atoms with E-state index in [1.165, 1.54) is 5.56 Å². The lowest BCUT2D eigenvalue weighted by Crippen LogP contribution is -2.42. The van der Waals surface area contributed by atoms with Crippen molar-refractivity contribution in [1.29, 1.82) is 0 Å². The number of aliphatic imine (C=N–C) groups is 1. The fourth-order valence-corrected chi connectivity index (χ4v) is 3.08. The highest BCUT2D eigenvalue weighted by molar-refractivity contribution is 5.79. The molecule has 2 atom stereocenters. The number of nitrogens with one attached hydrogen (secondary N) is 2. The van der Waals surface area contributed by atoms with E-state index >= 15 is 0 Å². The normalized spacial score (nSPS) is 18.4. The number of aryl methyl sites for hydroxylation is 1. The summed E-state index contributed by atoms with van der Waals surface area (Å²) in [6, 6.07) is 6.92. The van der Waals surface area contributed by atoms with Crippen molar-refractivity contribution in [3.05, 3.63) is 29.3 Å². The molecular weight excluding hydrogens is 352 g/mol. The third kappa shape index (κ3) is 7.32. The minimum Gasteiger partial charge on any atom is -0.488 e. The van der Waals surface area contributed by atoms with Gasteiger partial charge in [0.25, 0.3) is 0 Å². The Hall–Kier alpha value is -1.79. The Morgan fingerprint density at radius 3 is 2.86 bits per heavy atom. The van der Waals surface area contributed by atoms with Gasteiger partial charge in [-0.2, -0.15) is 0 Å². The van der Waals surface area contributed by atoms with Crippen molar-refractivity contribution >= 4 is 5.96 Å². The van der Waals surface area contributed by atoms with Crippen LogP contribution in [-0.4, -0.2) is 62.9 Å². The Kier molecular flexibility index (Phi) is 9.58. The number of hydrogen-bond acceptors (Lipinski definition) is 4. The van der Waals surface area contributed by atoms with Crippen LogP contribution in [0.1, 0.15) is 44.7 Å². The van der Waals surface area contributed by atoms with Crippen molar-refractivity contribution in [1.82, 2.24) is 15.5 Å². The van der Waals surface area contributed by atoms with E-state index in [1.54, 1.807) is 0 Å². The summed E-state index contributed by atoms with van der Waals surface area (Å²) in [5.41, 5.74) is 2.30. The van der Waals surface area contributed by atoms with Crippen molar-refractivity contribution in [2.45, 2.75) is 59.2 Å². The Morgan fingerprint density at radius 1 is 1.36 bits per heavy atom. The van der Waals surface area contributed by atoms with Crippen molar-refractivity contribution < 1.29 is 9.47 Å². The predicted molar refractivity (Wildman–Crippen MR) is 116 cm³/mol. The maximum atomic E-state index is 6.19. The van der Waals surface area contributed by atoms with Gasteiger partial charge in [-0.15, -0.1) is 0 Å². The minimum atomic E-state index is 0.145. The molecule has 6 nitrogen and oxygen atoms in total. The molecule has 0 aromatic heterocycles. The van der Waals surface area contributed by atoms with E-state index in [0.717, 1.165) is 56.4 Å². The zero-order valence-corrected chi connectivity index (χ0v) is 18.3. The molecule has 0 saturated carbocycles. The van der Waals surface area contributed by atoms with Crippen molar-refractivity contribution in [2.24, 2.45) is 4.99 Å². The molecule has 0 bridgehead atoms. The van der Waals surface area contributed by atoms with Gasteiger partial charge < -0.3 is 25.0 Å². The zero-order chi connectivity index (χ0) is 20.4. The molecule has 0 amide bonds. The lowest BCUT2D eigenvalue weighted by atomic mass is 10.1. The summed E-state index contributed by atoms with van der Waals surface area (Å²) in [7, 11) is 2.17. The van der Waals surface area contributed by atoms with E-state index in [2.05, 4.69) is 68.5 Å². The highest BCUT2D eigenvalue weighted by Gasteiger charge is 2.18. The summed E-state index contributed by atoms with van der Waals surface area (Å²) in [5.74, 6) is 1.77. The van der Waals surface area contributed by atoms with E-state index in [4.69, 9.17) is 14.5 Å². The number of hydrogen-bond donors (Lipinski definition) is 2. The first-order chi connectivity index (χ1) is 13.5. The smallest absolute Gasteiger partial charge is 0.191 e. The molecule has 28 heavy (non-hydrogen) atoms. The number of ether oxygens (including phenoxy) is 2. The molecule has 2 N–H and O–H groups in total. The van der Waals surface area contributed by atoms with E-state index in [9.17, 15) is 0 Å². The molecule has 1 aliphatic rings. The van der Waals surface area contributed by atoms with Gasteiger partial charge in [0.1, 0.15) is 11.9 Å². The molecule has 1 aromatic carbocycles. The van der Waals surface area contributed by atoms with Gasteiger partial charge in [-0.25, -0.2) is 4.99 Å². The maximum absolute atomic E-state index is 6.19. The number of rotatable bonds is 10. The molecule has 1 aromatic rings. The molecule has 1 fully saturated rings. The summed E-state index contributed by atoms with van der Waals surface area (Å²) in [6.45, 7) is 13.4. The third-order valence-corrected chi connectivity index (χ3v) is 5.26. The predicted octanol–water partition coefficient (Wildman–Crippen LogP) is 2.95. The highest BCUT2D eigenvalue weighted by atomic mass is 16.5. The first-order valence-electron chi connectivity index (χ1n) is 10.6. The van der Waals surface area contributed by atoms with Crippen LogP contribution in [0.5, 0.6) is 5.75 Å². The Morgan fingerprint density at radius 2 is 2.18 bits per heavy atom. The second-order valence-corrected chi connectivity index (χ2v) is 7.57. The second kappa shape index (κ2) is 11.9. The molecule has 2 unspecified atom stereocenters. The summed E-state index contributed by atoms with van der Waals surface area (Å²) >= 11 is 0. The van der Waals surface area contributed by atoms with Gasteiger partial charge in [-0.3, -0.25) is 0 Å². The lowest BCUT2D eigenvalue weighted by molar-refractivity contribution is 0.140. The van der Waals surface area contributed by atoms with Crippen LogP contribution in [0, 0.1) is 6.92 Å². The van der Waals surface area contributed by atoms with Gasteiger partial charge in [0, 0.05) is 37.7 Å². The van der Waals surface area contributed by atoms with Gasteiger partial charge in [-0.1, -0.05) is 19.1 Å². The van der Waals surface area contributed by atoms with Crippen LogP contribution in [0.4, 0.5) is 0 Å².